The van der Waals surface area contributed by atoms with Crippen molar-refractivity contribution in [3.63, 3.8) is 0 Å². The number of hydrogen-bond donors (Lipinski definition) is 3. The number of aromatic nitrogens is 1. The van der Waals surface area contributed by atoms with Crippen LogP contribution in [0.15, 0.2) is 17.3 Å². The van der Waals surface area contributed by atoms with Gasteiger partial charge in [-0.05, 0) is 58.9 Å². The Morgan fingerprint density at radius 3 is 2.17 bits per heavy atom. The largest absolute Gasteiger partial charge is 0.417 e. The fourth-order valence-corrected chi connectivity index (χ4v) is 5.34. The van der Waals surface area contributed by atoms with Gasteiger partial charge in [-0.2, -0.15) is 26.3 Å². The molecule has 0 aromatic carbocycles. The van der Waals surface area contributed by atoms with Crippen LogP contribution in [-0.2, 0) is 15.8 Å². The lowest BCUT2D eigenvalue weighted by molar-refractivity contribution is -0.143. The van der Waals surface area contributed by atoms with Gasteiger partial charge in [0, 0.05) is 30.4 Å². The summed E-state index contributed by atoms with van der Waals surface area (Å²) in [4.78, 5) is 35.3. The molecule has 0 spiro atoms. The second-order valence-electron chi connectivity index (χ2n) is 10.9. The number of halogens is 6. The summed E-state index contributed by atoms with van der Waals surface area (Å²) in [7, 11) is 0. The molecule has 1 aromatic rings. The summed E-state index contributed by atoms with van der Waals surface area (Å²) >= 11 is 5.38. The van der Waals surface area contributed by atoms with Crippen molar-refractivity contribution in [2.45, 2.75) is 102 Å². The molecule has 8 nitrogen and oxygen atoms in total. The van der Waals surface area contributed by atoms with E-state index in [2.05, 4.69) is 15.3 Å². The smallest absolute Gasteiger partial charge is 0.389 e. The average molecular weight is 610 g/mol. The van der Waals surface area contributed by atoms with Crippen molar-refractivity contribution >= 4 is 40.4 Å². The first-order valence-corrected chi connectivity index (χ1v) is 13.6. The van der Waals surface area contributed by atoms with Crippen molar-refractivity contribution in [1.82, 2.24) is 15.2 Å². The van der Waals surface area contributed by atoms with Crippen LogP contribution in [0.1, 0.15) is 70.9 Å². The predicted molar refractivity (Wildman–Crippen MR) is 144 cm³/mol. The van der Waals surface area contributed by atoms with Crippen molar-refractivity contribution in [3.8, 4) is 0 Å². The molecule has 0 saturated carbocycles. The lowest BCUT2D eigenvalue weighted by Gasteiger charge is -2.27. The molecule has 228 valence electrons. The molecule has 41 heavy (non-hydrogen) atoms. The van der Waals surface area contributed by atoms with Gasteiger partial charge < -0.3 is 20.6 Å². The Labute approximate surface area is 239 Å². The summed E-state index contributed by atoms with van der Waals surface area (Å²) in [5.41, 5.74) is -3.60. The molecule has 2 bridgehead atoms. The Morgan fingerprint density at radius 1 is 1.15 bits per heavy atom. The zero-order valence-electron chi connectivity index (χ0n) is 23.0. The van der Waals surface area contributed by atoms with Crippen molar-refractivity contribution < 1.29 is 41.0 Å². The molecule has 3 heterocycles. The van der Waals surface area contributed by atoms with E-state index in [0.717, 1.165) is 25.7 Å². The number of pyridine rings is 1. The number of amides is 2. The topological polar surface area (TPSA) is 107 Å². The van der Waals surface area contributed by atoms with Gasteiger partial charge in [-0.25, -0.2) is 4.98 Å². The molecule has 15 heteroatoms. The Hall–Kier alpha value is -2.81. The number of carbonyl (C=O) groups excluding carboxylic acids is 2. The van der Waals surface area contributed by atoms with Crippen LogP contribution < -0.4 is 10.6 Å². The number of carbonyl (C=O) groups is 2. The normalized spacial score (nSPS) is 21.0. The van der Waals surface area contributed by atoms with E-state index in [4.69, 9.17) is 12.2 Å². The number of aliphatic hydroxyl groups is 1. The van der Waals surface area contributed by atoms with Gasteiger partial charge in [0.1, 0.15) is 11.9 Å². The van der Waals surface area contributed by atoms with Gasteiger partial charge >= 0.3 is 12.4 Å². The van der Waals surface area contributed by atoms with E-state index in [-0.39, 0.29) is 24.3 Å². The van der Waals surface area contributed by atoms with Crippen LogP contribution in [0, 0.1) is 0 Å². The van der Waals surface area contributed by atoms with E-state index in [1.54, 1.807) is 4.90 Å². The Bertz CT molecular complexity index is 1180. The van der Waals surface area contributed by atoms with Gasteiger partial charge in [0.2, 0.25) is 0 Å². The van der Waals surface area contributed by atoms with Gasteiger partial charge in [-0.15, -0.1) is 0 Å². The van der Waals surface area contributed by atoms with Crippen LogP contribution in [0.4, 0.5) is 32.2 Å². The highest BCUT2D eigenvalue weighted by Gasteiger charge is 2.46. The quantitative estimate of drug-likeness (QED) is 0.157. The monoisotopic (exact) mass is 609 g/mol. The number of rotatable bonds is 10. The van der Waals surface area contributed by atoms with E-state index < -0.39 is 70.1 Å². The summed E-state index contributed by atoms with van der Waals surface area (Å²) in [5.74, 6) is -2.09. The van der Waals surface area contributed by atoms with E-state index >= 15 is 0 Å². The molecular formula is C26H33F6N5O3S. The molecule has 2 aliphatic rings. The van der Waals surface area contributed by atoms with Gasteiger partial charge in [-0.1, -0.05) is 19.1 Å². The third-order valence-electron chi connectivity index (χ3n) is 7.12. The van der Waals surface area contributed by atoms with Gasteiger partial charge in [0.25, 0.3) is 11.8 Å². The first kappa shape index (κ1) is 32.7. The second kappa shape index (κ2) is 12.2. The van der Waals surface area contributed by atoms with Gasteiger partial charge in [-0.3, -0.25) is 14.6 Å². The fraction of sp³-hybridized carbons (Fsp3) is 0.654. The maximum absolute atomic E-state index is 14.2. The minimum absolute atomic E-state index is 0.127. The Balaban J connectivity index is 2.03. The molecule has 2 saturated heterocycles. The first-order valence-electron chi connectivity index (χ1n) is 13.1. The van der Waals surface area contributed by atoms with Gasteiger partial charge in [0.15, 0.2) is 6.04 Å². The molecule has 0 radical (unpaired) electrons. The number of thiocarbonyl (C=S) groups is 1. The number of anilines is 1. The first-order chi connectivity index (χ1) is 18.8. The number of hydrogen-bond acceptors (Lipinski definition) is 7. The van der Waals surface area contributed by atoms with Crippen molar-refractivity contribution in [3.05, 3.63) is 23.4 Å². The zero-order chi connectivity index (χ0) is 30.9. The molecule has 2 aliphatic heterocycles. The van der Waals surface area contributed by atoms with Crippen LogP contribution in [-0.4, -0.2) is 79.9 Å². The molecule has 1 unspecified atom stereocenters. The van der Waals surface area contributed by atoms with Crippen LogP contribution in [0.3, 0.4) is 0 Å². The molecule has 1 aromatic heterocycles. The van der Waals surface area contributed by atoms with E-state index in [0.29, 0.717) is 12.3 Å². The van der Waals surface area contributed by atoms with E-state index in [1.807, 2.05) is 5.32 Å². The molecule has 0 aliphatic carbocycles. The summed E-state index contributed by atoms with van der Waals surface area (Å²) in [5, 5.41) is 14.3. The minimum atomic E-state index is -5.07. The number of nitrogens with zero attached hydrogens (tertiary/aromatic N) is 3. The number of aliphatic imine (C=N–C) groups is 1. The average Bonchev–Trinajstić information content (AvgIpc) is 3.47. The number of alkyl halides is 6. The molecule has 2 fully saturated rings. The molecule has 3 N–H and O–H groups in total. The molecule has 2 amide bonds. The minimum Gasteiger partial charge on any atom is -0.389 e. The van der Waals surface area contributed by atoms with Crippen LogP contribution >= 0.6 is 12.2 Å². The summed E-state index contributed by atoms with van der Waals surface area (Å²) in [6, 6.07) is -3.67. The summed E-state index contributed by atoms with van der Waals surface area (Å²) in [6.45, 7) is 5.22. The highest BCUT2D eigenvalue weighted by Crippen LogP contribution is 2.39. The van der Waals surface area contributed by atoms with Crippen molar-refractivity contribution in [2.75, 3.05) is 11.9 Å². The highest BCUT2D eigenvalue weighted by atomic mass is 32.1. The van der Waals surface area contributed by atoms with E-state index in [9.17, 15) is 41.0 Å². The Morgan fingerprint density at radius 2 is 1.71 bits per heavy atom. The standard InChI is InChI=1S/C26H33F6N5O3S/c1-5-18(26(30,31)32)36-19-10-17(25(27,28)29)16(11-33-19)21(41)20(23(39)37-14-6-7-15(37)9-8-14)35-13(2)22(38)34-12-24(3,4)40/h10-11,14-15,18,20,40H,5-9,12H2,1-4H3,(H,33,36)(H,34,38)/b35-13+/t14?,15?,18-,20?/m0/s1. The second-order valence-corrected chi connectivity index (χ2v) is 11.4. The summed E-state index contributed by atoms with van der Waals surface area (Å²) in [6.07, 6.45) is -6.69. The summed E-state index contributed by atoms with van der Waals surface area (Å²) < 4.78 is 82.3. The third-order valence-corrected chi connectivity index (χ3v) is 7.57. The molecular weight excluding hydrogens is 576 g/mol. The van der Waals surface area contributed by atoms with Crippen LogP contribution in [0.25, 0.3) is 0 Å². The number of fused-ring (bicyclic) bond motifs is 2. The maximum Gasteiger partial charge on any atom is 0.417 e. The van der Waals surface area contributed by atoms with Gasteiger partial charge in [0.05, 0.1) is 21.7 Å². The molecule has 2 atom stereocenters. The lowest BCUT2D eigenvalue weighted by atomic mass is 10.00. The lowest BCUT2D eigenvalue weighted by Crippen LogP contribution is -2.46. The highest BCUT2D eigenvalue weighted by molar-refractivity contribution is 7.81. The van der Waals surface area contributed by atoms with Crippen LogP contribution in [0.5, 0.6) is 0 Å². The SMILES string of the molecule is CC[C@H](Nc1cc(C(F)(F)F)c(C(=S)C(/N=C(\C)C(=O)NCC(C)(C)O)C(=O)N2C3CCC2CC3)cn1)C(F)(F)F. The maximum atomic E-state index is 14.2. The Kier molecular flexibility index (Phi) is 9.73. The number of nitrogens with one attached hydrogen (secondary N) is 2. The van der Waals surface area contributed by atoms with Crippen LogP contribution in [0.2, 0.25) is 0 Å². The fourth-order valence-electron chi connectivity index (χ4n) is 5.02. The van der Waals surface area contributed by atoms with Crippen molar-refractivity contribution in [2.24, 2.45) is 4.99 Å². The van der Waals surface area contributed by atoms with Crippen molar-refractivity contribution in [1.29, 1.82) is 0 Å². The predicted octanol–water partition coefficient (Wildman–Crippen LogP) is 4.44. The molecule has 3 rings (SSSR count). The van der Waals surface area contributed by atoms with E-state index in [1.165, 1.54) is 27.7 Å². The third kappa shape index (κ3) is 7.93. The zero-order valence-corrected chi connectivity index (χ0v) is 23.8.